The second-order valence-electron chi connectivity index (χ2n) is 14.6. The number of allylic oxidation sites excluding steroid dienone is 2. The van der Waals surface area contributed by atoms with Gasteiger partial charge in [0.05, 0.1) is 34.5 Å². The van der Waals surface area contributed by atoms with Crippen molar-refractivity contribution in [2.45, 2.75) is 24.2 Å². The van der Waals surface area contributed by atoms with Crippen LogP contribution >= 0.6 is 27.5 Å². The first-order valence-corrected chi connectivity index (χ1v) is 19.4. The van der Waals surface area contributed by atoms with Crippen LogP contribution in [0.2, 0.25) is 5.02 Å². The van der Waals surface area contributed by atoms with Gasteiger partial charge in [0.15, 0.2) is 0 Å². The number of imide groups is 2. The lowest BCUT2D eigenvalue weighted by Crippen LogP contribution is -2.53. The van der Waals surface area contributed by atoms with Crippen LogP contribution in [-0.2, 0) is 24.6 Å². The number of phenolic OH excluding ortho intramolecular Hbond substituents is 1. The number of fused-ring (bicyclic) bond motifs is 4. The molecule has 2 heterocycles. The topological polar surface area (TPSA) is 119 Å². The number of hydrazine groups is 1. The van der Waals surface area contributed by atoms with Crippen LogP contribution in [0.4, 0.5) is 27.1 Å². The van der Waals surface area contributed by atoms with Crippen LogP contribution in [0.25, 0.3) is 0 Å². The Balaban J connectivity index is 1.16. The lowest BCUT2D eigenvalue weighted by Gasteiger charge is -2.50. The highest BCUT2D eigenvalue weighted by Gasteiger charge is 2.70. The molecule has 0 spiro atoms. The van der Waals surface area contributed by atoms with Gasteiger partial charge in [0.1, 0.15) is 11.6 Å². The van der Waals surface area contributed by atoms with Crippen LogP contribution in [0, 0.1) is 29.5 Å². The number of hydrogen-bond acceptors (Lipinski definition) is 7. The highest BCUT2D eigenvalue weighted by molar-refractivity contribution is 9.10. The quantitative estimate of drug-likeness (QED) is 0.111. The number of carbonyl (C=O) groups excluding carboxylic acids is 4. The molecule has 5 aromatic carbocycles. The van der Waals surface area contributed by atoms with Crippen LogP contribution in [0.1, 0.15) is 29.9 Å². The van der Waals surface area contributed by atoms with Gasteiger partial charge in [-0.1, -0.05) is 69.5 Å². The summed E-state index contributed by atoms with van der Waals surface area (Å²) in [4.78, 5) is 60.3. The molecule has 3 N–H and O–H groups in total. The van der Waals surface area contributed by atoms with Crippen molar-refractivity contribution in [3.05, 3.63) is 159 Å². The summed E-state index contributed by atoms with van der Waals surface area (Å²) in [5.74, 6) is -6.57. The van der Waals surface area contributed by atoms with Crippen molar-refractivity contribution in [2.24, 2.45) is 23.7 Å². The number of nitrogens with zero attached hydrogens (tertiary/aromatic N) is 2. The Labute approximate surface area is 334 Å². The standard InChI is InChI=1S/C44H33BrClFN4O5/c45-25-8-21-37(52)35(22-25)39-32-19-20-33-38(42(55)50(40(33)53)31-17-15-29(16-18-31)48-28-4-2-1-3-5-28)34(32)23-36-41(54)51(49-30-13-11-27(47)12-14-30)43(56)44(36,39)24-6-9-26(46)10-7-24/h1-19,21-22,33-34,36,38-39,48-49,52H,20,23H2. The smallest absolute Gasteiger partial charge is 0.260 e. The van der Waals surface area contributed by atoms with Gasteiger partial charge >= 0.3 is 0 Å². The van der Waals surface area contributed by atoms with E-state index in [0.29, 0.717) is 37.6 Å². The molecule has 9 rings (SSSR count). The first-order valence-electron chi connectivity index (χ1n) is 18.2. The highest BCUT2D eigenvalue weighted by Crippen LogP contribution is 2.65. The molecule has 1 saturated carbocycles. The van der Waals surface area contributed by atoms with Crippen LogP contribution in [0.3, 0.4) is 0 Å². The molecule has 0 aromatic heterocycles. The maximum absolute atomic E-state index is 15.3. The maximum Gasteiger partial charge on any atom is 0.260 e. The van der Waals surface area contributed by atoms with E-state index < -0.39 is 52.6 Å². The molecule has 280 valence electrons. The Bertz CT molecular complexity index is 2450. The summed E-state index contributed by atoms with van der Waals surface area (Å²) >= 11 is 9.93. The number of amides is 4. The van der Waals surface area contributed by atoms with Crippen molar-refractivity contribution in [3.63, 3.8) is 0 Å². The van der Waals surface area contributed by atoms with E-state index in [9.17, 15) is 23.9 Å². The molecular formula is C44H33BrClFN4O5. The van der Waals surface area contributed by atoms with E-state index in [4.69, 9.17) is 11.6 Å². The van der Waals surface area contributed by atoms with E-state index in [2.05, 4.69) is 26.7 Å². The van der Waals surface area contributed by atoms with E-state index in [1.54, 1.807) is 48.5 Å². The molecule has 2 saturated heterocycles. The third-order valence-corrected chi connectivity index (χ3v) is 12.5. The van der Waals surface area contributed by atoms with Crippen molar-refractivity contribution in [2.75, 3.05) is 15.6 Å². The molecule has 6 unspecified atom stereocenters. The zero-order valence-electron chi connectivity index (χ0n) is 29.5. The van der Waals surface area contributed by atoms with Crippen molar-refractivity contribution in [3.8, 4) is 5.75 Å². The number of phenols is 1. The Hall–Kier alpha value is -5.78. The Kier molecular flexibility index (Phi) is 8.82. The number of carbonyl (C=O) groups is 4. The minimum atomic E-state index is -1.62. The summed E-state index contributed by atoms with van der Waals surface area (Å²) in [6.07, 6.45) is 2.22. The fourth-order valence-electron chi connectivity index (χ4n) is 9.39. The average molecular weight is 832 g/mol. The van der Waals surface area contributed by atoms with Crippen molar-refractivity contribution in [1.82, 2.24) is 5.01 Å². The monoisotopic (exact) mass is 830 g/mol. The molecule has 9 nitrogen and oxygen atoms in total. The molecule has 2 aliphatic carbocycles. The van der Waals surface area contributed by atoms with E-state index in [-0.39, 0.29) is 30.4 Å². The van der Waals surface area contributed by atoms with Gasteiger partial charge in [0.2, 0.25) is 11.8 Å². The summed E-state index contributed by atoms with van der Waals surface area (Å²) in [5.41, 5.74) is 5.32. The SMILES string of the molecule is O=C1C2CC3C(=CCC4C(=O)N(c5ccc(Nc6ccccc6)cc5)C(=O)C43)C(c3cc(Br)ccc3O)C2(c2ccc(Cl)cc2)C(=O)N1Nc1ccc(F)cc1. The van der Waals surface area contributed by atoms with Crippen molar-refractivity contribution < 1.29 is 28.7 Å². The number of aromatic hydroxyl groups is 1. The fraction of sp³-hybridized carbons (Fsp3) is 0.182. The van der Waals surface area contributed by atoms with Crippen molar-refractivity contribution >= 4 is 73.9 Å². The van der Waals surface area contributed by atoms with Crippen molar-refractivity contribution in [1.29, 1.82) is 0 Å². The Morgan fingerprint density at radius 2 is 1.45 bits per heavy atom. The summed E-state index contributed by atoms with van der Waals surface area (Å²) in [5, 5.41) is 16.3. The first-order chi connectivity index (χ1) is 27.1. The van der Waals surface area contributed by atoms with Gasteiger partial charge in [-0.05, 0) is 115 Å². The zero-order valence-corrected chi connectivity index (χ0v) is 31.9. The second-order valence-corrected chi connectivity index (χ2v) is 16.0. The highest BCUT2D eigenvalue weighted by atomic mass is 79.9. The van der Waals surface area contributed by atoms with Gasteiger partial charge in [0, 0.05) is 32.4 Å². The fourth-order valence-corrected chi connectivity index (χ4v) is 9.90. The van der Waals surface area contributed by atoms with Crippen LogP contribution in [0.5, 0.6) is 5.75 Å². The Morgan fingerprint density at radius 3 is 2.16 bits per heavy atom. The van der Waals surface area contributed by atoms with E-state index >= 15 is 4.79 Å². The lowest BCUT2D eigenvalue weighted by atomic mass is 9.49. The van der Waals surface area contributed by atoms with Gasteiger partial charge in [-0.3, -0.25) is 29.5 Å². The third-order valence-electron chi connectivity index (χ3n) is 11.7. The number of halogens is 3. The Morgan fingerprint density at radius 1 is 0.768 bits per heavy atom. The summed E-state index contributed by atoms with van der Waals surface area (Å²) < 4.78 is 14.5. The van der Waals surface area contributed by atoms with Gasteiger partial charge < -0.3 is 10.4 Å². The number of para-hydroxylation sites is 1. The number of anilines is 4. The van der Waals surface area contributed by atoms with Gasteiger partial charge in [-0.15, -0.1) is 0 Å². The van der Waals surface area contributed by atoms with E-state index in [1.165, 1.54) is 35.2 Å². The molecule has 12 heteroatoms. The van der Waals surface area contributed by atoms with E-state index in [0.717, 1.165) is 16.4 Å². The number of nitrogens with one attached hydrogen (secondary N) is 2. The van der Waals surface area contributed by atoms with Crippen LogP contribution < -0.4 is 15.6 Å². The molecule has 3 fully saturated rings. The zero-order chi connectivity index (χ0) is 38.9. The molecule has 6 atom stereocenters. The molecular weight excluding hydrogens is 799 g/mol. The van der Waals surface area contributed by atoms with E-state index in [1.807, 2.05) is 48.5 Å². The lowest BCUT2D eigenvalue weighted by molar-refractivity contribution is -0.138. The van der Waals surface area contributed by atoms with Crippen LogP contribution in [-0.4, -0.2) is 33.7 Å². The normalized spacial score (nSPS) is 25.4. The third kappa shape index (κ3) is 5.63. The molecule has 56 heavy (non-hydrogen) atoms. The average Bonchev–Trinajstić information content (AvgIpc) is 3.58. The number of rotatable bonds is 7. The van der Waals surface area contributed by atoms with Gasteiger partial charge in [-0.25, -0.2) is 4.39 Å². The summed E-state index contributed by atoms with van der Waals surface area (Å²) in [6, 6.07) is 33.7. The van der Waals surface area contributed by atoms with Gasteiger partial charge in [-0.2, -0.15) is 5.01 Å². The summed E-state index contributed by atoms with van der Waals surface area (Å²) in [7, 11) is 0. The van der Waals surface area contributed by atoms with Gasteiger partial charge in [0.25, 0.3) is 11.8 Å². The maximum atomic E-state index is 15.3. The largest absolute Gasteiger partial charge is 0.508 e. The minimum Gasteiger partial charge on any atom is -0.508 e. The minimum absolute atomic E-state index is 0.0693. The molecule has 0 bridgehead atoms. The predicted octanol–water partition coefficient (Wildman–Crippen LogP) is 8.88. The molecule has 0 radical (unpaired) electrons. The first kappa shape index (κ1) is 35.9. The molecule has 4 amide bonds. The second kappa shape index (κ2) is 13.8. The van der Waals surface area contributed by atoms with Crippen LogP contribution in [0.15, 0.2) is 137 Å². The number of benzene rings is 5. The molecule has 4 aliphatic rings. The summed E-state index contributed by atoms with van der Waals surface area (Å²) in [6.45, 7) is 0. The number of hydrogen-bond donors (Lipinski definition) is 3. The predicted molar refractivity (Wildman–Crippen MR) is 213 cm³/mol. The molecule has 2 aliphatic heterocycles. The molecule has 5 aromatic rings.